The molecule has 1 aromatic carbocycles. The quantitative estimate of drug-likeness (QED) is 0.796. The molecule has 2 atom stereocenters. The van der Waals surface area contributed by atoms with E-state index in [4.69, 9.17) is 15.2 Å². The number of methoxy groups -OCH3 is 2. The maximum Gasteiger partial charge on any atom is 0.146 e. The number of benzene rings is 1. The van der Waals surface area contributed by atoms with Gasteiger partial charge in [-0.3, -0.25) is 0 Å². The highest BCUT2D eigenvalue weighted by atomic mass is 19.1. The number of nitrogens with zero attached hydrogens (tertiary/aromatic N) is 1. The van der Waals surface area contributed by atoms with Gasteiger partial charge in [-0.1, -0.05) is 12.1 Å². The van der Waals surface area contributed by atoms with Gasteiger partial charge in [-0.15, -0.1) is 0 Å². The minimum absolute atomic E-state index is 0.0320. The highest BCUT2D eigenvalue weighted by molar-refractivity contribution is 5.57. The summed E-state index contributed by atoms with van der Waals surface area (Å²) in [6.07, 6.45) is 0. The van der Waals surface area contributed by atoms with Crippen molar-refractivity contribution in [3.63, 3.8) is 0 Å². The van der Waals surface area contributed by atoms with Crippen LogP contribution in [0.3, 0.4) is 0 Å². The van der Waals surface area contributed by atoms with E-state index in [1.165, 1.54) is 6.07 Å². The number of ether oxygens (including phenoxy) is 2. The second-order valence-electron chi connectivity index (χ2n) is 4.96. The van der Waals surface area contributed by atoms with Crippen LogP contribution in [0.4, 0.5) is 10.1 Å². The molecular weight excluding hydrogens is 259 g/mol. The molecule has 114 valence electrons. The van der Waals surface area contributed by atoms with E-state index in [9.17, 15) is 4.39 Å². The Balaban J connectivity index is 3.17. The average molecular weight is 284 g/mol. The molecule has 0 spiro atoms. The van der Waals surface area contributed by atoms with Gasteiger partial charge in [-0.25, -0.2) is 4.39 Å². The highest BCUT2D eigenvalue weighted by Gasteiger charge is 2.22. The SMILES string of the molecule is COCCN(c1c(F)cccc1[C@@H](C)N)C(C)COC. The molecule has 4 nitrogen and oxygen atoms in total. The van der Waals surface area contributed by atoms with Gasteiger partial charge in [0.2, 0.25) is 0 Å². The second kappa shape index (κ2) is 8.19. The molecule has 0 aliphatic carbocycles. The van der Waals surface area contributed by atoms with Gasteiger partial charge in [0.25, 0.3) is 0 Å². The molecule has 0 saturated carbocycles. The lowest BCUT2D eigenvalue weighted by atomic mass is 10.0. The summed E-state index contributed by atoms with van der Waals surface area (Å²) in [4.78, 5) is 1.96. The van der Waals surface area contributed by atoms with E-state index >= 15 is 0 Å². The molecular formula is C15H25FN2O2. The number of hydrogen-bond acceptors (Lipinski definition) is 4. The maximum absolute atomic E-state index is 14.3. The lowest BCUT2D eigenvalue weighted by Crippen LogP contribution is -2.40. The number of para-hydroxylation sites is 1. The van der Waals surface area contributed by atoms with E-state index in [0.717, 1.165) is 5.56 Å². The second-order valence-corrected chi connectivity index (χ2v) is 4.96. The molecule has 1 unspecified atom stereocenters. The Morgan fingerprint density at radius 1 is 1.25 bits per heavy atom. The molecule has 0 aromatic heterocycles. The van der Waals surface area contributed by atoms with Gasteiger partial charge < -0.3 is 20.1 Å². The Labute approximate surface area is 120 Å². The smallest absolute Gasteiger partial charge is 0.146 e. The molecule has 0 saturated heterocycles. The summed E-state index contributed by atoms with van der Waals surface area (Å²) >= 11 is 0. The Morgan fingerprint density at radius 3 is 2.50 bits per heavy atom. The lowest BCUT2D eigenvalue weighted by Gasteiger charge is -2.33. The Bertz CT molecular complexity index is 413. The van der Waals surface area contributed by atoms with E-state index in [2.05, 4.69) is 0 Å². The molecule has 1 aromatic rings. The number of halogens is 1. The third-order valence-corrected chi connectivity index (χ3v) is 3.27. The summed E-state index contributed by atoms with van der Waals surface area (Å²) in [6, 6.07) is 4.81. The first-order valence-electron chi connectivity index (χ1n) is 6.81. The van der Waals surface area contributed by atoms with Gasteiger partial charge in [0.15, 0.2) is 0 Å². The monoisotopic (exact) mass is 284 g/mol. The number of anilines is 1. The summed E-state index contributed by atoms with van der Waals surface area (Å²) in [5, 5.41) is 0. The molecule has 0 amide bonds. The number of rotatable bonds is 8. The largest absolute Gasteiger partial charge is 0.383 e. The standard InChI is InChI=1S/C15H25FN2O2/c1-11(10-20-4)18(8-9-19-3)15-13(12(2)17)6-5-7-14(15)16/h5-7,11-12H,8-10,17H2,1-4H3/t11?,12-/m1/s1. The van der Waals surface area contributed by atoms with Gasteiger partial charge in [-0.05, 0) is 25.5 Å². The van der Waals surface area contributed by atoms with Crippen molar-refractivity contribution < 1.29 is 13.9 Å². The van der Waals surface area contributed by atoms with E-state index in [1.807, 2.05) is 24.8 Å². The average Bonchev–Trinajstić information content (AvgIpc) is 2.40. The van der Waals surface area contributed by atoms with Crippen molar-refractivity contribution in [3.05, 3.63) is 29.6 Å². The zero-order valence-electron chi connectivity index (χ0n) is 12.7. The highest BCUT2D eigenvalue weighted by Crippen LogP contribution is 2.29. The molecule has 0 aliphatic heterocycles. The van der Waals surface area contributed by atoms with Crippen LogP contribution in [-0.2, 0) is 9.47 Å². The van der Waals surface area contributed by atoms with Gasteiger partial charge in [-0.2, -0.15) is 0 Å². The first-order chi connectivity index (χ1) is 9.52. The van der Waals surface area contributed by atoms with Crippen LogP contribution in [0.25, 0.3) is 0 Å². The van der Waals surface area contributed by atoms with Crippen LogP contribution in [0.5, 0.6) is 0 Å². The van der Waals surface area contributed by atoms with E-state index in [1.54, 1.807) is 20.3 Å². The van der Waals surface area contributed by atoms with Gasteiger partial charge in [0.1, 0.15) is 5.82 Å². The van der Waals surface area contributed by atoms with Crippen LogP contribution in [-0.4, -0.2) is 40.0 Å². The lowest BCUT2D eigenvalue weighted by molar-refractivity contribution is 0.170. The van der Waals surface area contributed by atoms with Crippen molar-refractivity contribution in [2.75, 3.05) is 38.9 Å². The van der Waals surface area contributed by atoms with Crippen LogP contribution < -0.4 is 10.6 Å². The zero-order valence-corrected chi connectivity index (χ0v) is 12.7. The number of hydrogen-bond donors (Lipinski definition) is 1. The summed E-state index contributed by atoms with van der Waals surface area (Å²) in [7, 11) is 3.27. The summed E-state index contributed by atoms with van der Waals surface area (Å²) in [6.45, 7) is 5.46. The third-order valence-electron chi connectivity index (χ3n) is 3.27. The van der Waals surface area contributed by atoms with Crippen molar-refractivity contribution >= 4 is 5.69 Å². The van der Waals surface area contributed by atoms with Gasteiger partial charge in [0, 0.05) is 32.8 Å². The topological polar surface area (TPSA) is 47.7 Å². The first kappa shape index (κ1) is 16.9. The van der Waals surface area contributed by atoms with Crippen LogP contribution in [0.1, 0.15) is 25.5 Å². The van der Waals surface area contributed by atoms with Crippen molar-refractivity contribution in [3.8, 4) is 0 Å². The maximum atomic E-state index is 14.3. The van der Waals surface area contributed by atoms with Crippen LogP contribution in [0.15, 0.2) is 18.2 Å². The van der Waals surface area contributed by atoms with E-state index in [-0.39, 0.29) is 17.9 Å². The first-order valence-corrected chi connectivity index (χ1v) is 6.81. The third kappa shape index (κ3) is 4.16. The molecule has 1 rings (SSSR count). The number of nitrogens with two attached hydrogens (primary N) is 1. The molecule has 5 heteroatoms. The van der Waals surface area contributed by atoms with Crippen molar-refractivity contribution in [1.82, 2.24) is 0 Å². The van der Waals surface area contributed by atoms with Crippen molar-refractivity contribution in [1.29, 1.82) is 0 Å². The van der Waals surface area contributed by atoms with Crippen molar-refractivity contribution in [2.45, 2.75) is 25.9 Å². The minimum Gasteiger partial charge on any atom is -0.383 e. The Kier molecular flexibility index (Phi) is 6.91. The Hall–Kier alpha value is -1.17. The van der Waals surface area contributed by atoms with E-state index in [0.29, 0.717) is 25.4 Å². The van der Waals surface area contributed by atoms with Crippen LogP contribution >= 0.6 is 0 Å². The van der Waals surface area contributed by atoms with Crippen LogP contribution in [0, 0.1) is 5.82 Å². The van der Waals surface area contributed by atoms with Gasteiger partial charge in [0.05, 0.1) is 18.9 Å². The fraction of sp³-hybridized carbons (Fsp3) is 0.600. The normalized spacial score (nSPS) is 14.1. The fourth-order valence-electron chi connectivity index (χ4n) is 2.28. The fourth-order valence-corrected chi connectivity index (χ4v) is 2.28. The van der Waals surface area contributed by atoms with Crippen molar-refractivity contribution in [2.24, 2.45) is 5.73 Å². The molecule has 20 heavy (non-hydrogen) atoms. The molecule has 2 N–H and O–H groups in total. The molecule has 0 radical (unpaired) electrons. The predicted octanol–water partition coefficient (Wildman–Crippen LogP) is 2.33. The predicted molar refractivity (Wildman–Crippen MR) is 79.6 cm³/mol. The molecule has 0 heterocycles. The van der Waals surface area contributed by atoms with Gasteiger partial charge >= 0.3 is 0 Å². The summed E-state index contributed by atoms with van der Waals surface area (Å²) in [5.41, 5.74) is 7.31. The molecule has 0 fully saturated rings. The minimum atomic E-state index is -0.265. The Morgan fingerprint density at radius 2 is 1.95 bits per heavy atom. The van der Waals surface area contributed by atoms with Crippen LogP contribution in [0.2, 0.25) is 0 Å². The zero-order chi connectivity index (χ0) is 15.1. The summed E-state index contributed by atoms with van der Waals surface area (Å²) < 4.78 is 24.6. The molecule has 0 aliphatic rings. The summed E-state index contributed by atoms with van der Waals surface area (Å²) in [5.74, 6) is -0.265. The van der Waals surface area contributed by atoms with E-state index < -0.39 is 0 Å². The molecule has 0 bridgehead atoms.